The Morgan fingerprint density at radius 1 is 1.47 bits per heavy atom. The van der Waals surface area contributed by atoms with Gasteiger partial charge in [-0.1, -0.05) is 12.1 Å². The number of aryl methyl sites for hydroxylation is 1. The zero-order chi connectivity index (χ0) is 12.8. The minimum absolute atomic E-state index is 0.0356. The van der Waals surface area contributed by atoms with Crippen molar-refractivity contribution in [1.29, 1.82) is 0 Å². The highest BCUT2D eigenvalue weighted by Crippen LogP contribution is 2.17. The van der Waals surface area contributed by atoms with Crippen LogP contribution < -0.4 is 5.32 Å². The lowest BCUT2D eigenvalue weighted by molar-refractivity contribution is -0.121. The van der Waals surface area contributed by atoms with Gasteiger partial charge in [-0.2, -0.15) is 0 Å². The van der Waals surface area contributed by atoms with Crippen molar-refractivity contribution < 1.29 is 15.0 Å². The summed E-state index contributed by atoms with van der Waals surface area (Å²) in [7, 11) is 0. The van der Waals surface area contributed by atoms with Crippen molar-refractivity contribution in [2.45, 2.75) is 32.7 Å². The van der Waals surface area contributed by atoms with Crippen molar-refractivity contribution in [3.05, 3.63) is 29.3 Å². The lowest BCUT2D eigenvalue weighted by Crippen LogP contribution is -2.34. The highest BCUT2D eigenvalue weighted by atomic mass is 16.3. The predicted octanol–water partition coefficient (Wildman–Crippen LogP) is 1.13. The number of aromatic hydroxyl groups is 1. The molecule has 3 N–H and O–H groups in total. The monoisotopic (exact) mass is 237 g/mol. The van der Waals surface area contributed by atoms with Gasteiger partial charge in [-0.3, -0.25) is 4.79 Å². The van der Waals surface area contributed by atoms with Crippen LogP contribution in [0.3, 0.4) is 0 Å². The number of nitrogens with one attached hydrogen (secondary N) is 1. The number of benzene rings is 1. The molecular formula is C13H19NO3. The number of carbonyl (C=O) groups is 1. The summed E-state index contributed by atoms with van der Waals surface area (Å²) in [5, 5.41) is 21.0. The van der Waals surface area contributed by atoms with Crippen LogP contribution in [0.25, 0.3) is 0 Å². The molecule has 1 aromatic rings. The second-order valence-corrected chi connectivity index (χ2v) is 4.28. The van der Waals surface area contributed by atoms with Gasteiger partial charge >= 0.3 is 0 Å². The first-order valence-corrected chi connectivity index (χ1v) is 5.71. The lowest BCUT2D eigenvalue weighted by Gasteiger charge is -2.12. The lowest BCUT2D eigenvalue weighted by atomic mass is 10.1. The highest BCUT2D eigenvalue weighted by Gasteiger charge is 2.08. The van der Waals surface area contributed by atoms with Gasteiger partial charge in [-0.15, -0.1) is 0 Å². The summed E-state index contributed by atoms with van der Waals surface area (Å²) in [6.07, 6.45) is 0.786. The SMILES string of the molecule is Cc1ccc(CC(=O)NC(C)CCO)cc1O. The smallest absolute Gasteiger partial charge is 0.224 e. The van der Waals surface area contributed by atoms with Crippen LogP contribution in [0, 0.1) is 6.92 Å². The van der Waals surface area contributed by atoms with Crippen molar-refractivity contribution in [2.75, 3.05) is 6.61 Å². The van der Waals surface area contributed by atoms with E-state index in [-0.39, 0.29) is 30.7 Å². The van der Waals surface area contributed by atoms with Crippen LogP contribution in [-0.2, 0) is 11.2 Å². The molecule has 0 bridgehead atoms. The number of hydrogen-bond acceptors (Lipinski definition) is 3. The predicted molar refractivity (Wildman–Crippen MR) is 65.9 cm³/mol. The average Bonchev–Trinajstić information content (AvgIpc) is 2.23. The number of aliphatic hydroxyl groups is 1. The maximum atomic E-state index is 11.6. The van der Waals surface area contributed by atoms with Crippen molar-refractivity contribution in [2.24, 2.45) is 0 Å². The maximum absolute atomic E-state index is 11.6. The zero-order valence-electron chi connectivity index (χ0n) is 10.2. The van der Waals surface area contributed by atoms with E-state index in [0.29, 0.717) is 6.42 Å². The van der Waals surface area contributed by atoms with Crippen molar-refractivity contribution in [3.63, 3.8) is 0 Å². The Bertz CT molecular complexity index is 390. The van der Waals surface area contributed by atoms with E-state index in [4.69, 9.17) is 5.11 Å². The summed E-state index contributed by atoms with van der Waals surface area (Å²) in [5.74, 6) is 0.105. The molecule has 4 heteroatoms. The van der Waals surface area contributed by atoms with E-state index < -0.39 is 0 Å². The van der Waals surface area contributed by atoms with Crippen LogP contribution in [-0.4, -0.2) is 28.8 Å². The summed E-state index contributed by atoms with van der Waals surface area (Å²) in [5.41, 5.74) is 1.57. The molecule has 0 heterocycles. The summed E-state index contributed by atoms with van der Waals surface area (Å²) in [6.45, 7) is 3.72. The fourth-order valence-electron chi connectivity index (χ4n) is 1.54. The summed E-state index contributed by atoms with van der Waals surface area (Å²) in [6, 6.07) is 5.18. The van der Waals surface area contributed by atoms with E-state index in [2.05, 4.69) is 5.32 Å². The number of aliphatic hydroxyl groups excluding tert-OH is 1. The van der Waals surface area contributed by atoms with Crippen molar-refractivity contribution in [1.82, 2.24) is 5.32 Å². The summed E-state index contributed by atoms with van der Waals surface area (Å²) < 4.78 is 0. The molecule has 1 atom stereocenters. The molecule has 0 spiro atoms. The van der Waals surface area contributed by atoms with Gasteiger partial charge in [0.05, 0.1) is 6.42 Å². The van der Waals surface area contributed by atoms with Gasteiger partial charge in [0.15, 0.2) is 0 Å². The Balaban J connectivity index is 2.53. The summed E-state index contributed by atoms with van der Waals surface area (Å²) in [4.78, 5) is 11.6. The molecule has 0 aliphatic rings. The van der Waals surface area contributed by atoms with Crippen LogP contribution in [0.5, 0.6) is 5.75 Å². The third-order valence-corrected chi connectivity index (χ3v) is 2.61. The van der Waals surface area contributed by atoms with Crippen LogP contribution >= 0.6 is 0 Å². The molecular weight excluding hydrogens is 218 g/mol. The molecule has 0 aromatic heterocycles. The van der Waals surface area contributed by atoms with Gasteiger partial charge < -0.3 is 15.5 Å². The van der Waals surface area contributed by atoms with E-state index in [1.165, 1.54) is 0 Å². The Morgan fingerprint density at radius 3 is 2.76 bits per heavy atom. The standard InChI is InChI=1S/C13H19NO3/c1-9-3-4-11(7-12(9)16)8-13(17)14-10(2)5-6-15/h3-4,7,10,15-16H,5-6,8H2,1-2H3,(H,14,17). The normalized spacial score (nSPS) is 12.2. The van der Waals surface area contributed by atoms with Gasteiger partial charge in [0.2, 0.25) is 5.91 Å². The number of amides is 1. The molecule has 0 saturated heterocycles. The van der Waals surface area contributed by atoms with Crippen molar-refractivity contribution in [3.8, 4) is 5.75 Å². The molecule has 0 aliphatic carbocycles. The molecule has 0 saturated carbocycles. The fourth-order valence-corrected chi connectivity index (χ4v) is 1.54. The molecule has 1 rings (SSSR count). The quantitative estimate of drug-likeness (QED) is 0.719. The van der Waals surface area contributed by atoms with Crippen LogP contribution in [0.1, 0.15) is 24.5 Å². The summed E-state index contributed by atoms with van der Waals surface area (Å²) >= 11 is 0. The second-order valence-electron chi connectivity index (χ2n) is 4.28. The van der Waals surface area contributed by atoms with Gasteiger partial charge in [0.25, 0.3) is 0 Å². The average molecular weight is 237 g/mol. The highest BCUT2D eigenvalue weighted by molar-refractivity contribution is 5.79. The first-order valence-electron chi connectivity index (χ1n) is 5.71. The molecule has 1 aromatic carbocycles. The second kappa shape index (κ2) is 6.25. The molecule has 4 nitrogen and oxygen atoms in total. The minimum atomic E-state index is -0.103. The molecule has 0 fully saturated rings. The number of rotatable bonds is 5. The molecule has 0 aliphatic heterocycles. The topological polar surface area (TPSA) is 69.6 Å². The first-order chi connectivity index (χ1) is 8.02. The number of phenols is 1. The Labute approximate surface area is 101 Å². The van der Waals surface area contributed by atoms with Gasteiger partial charge in [0.1, 0.15) is 5.75 Å². The Hall–Kier alpha value is -1.55. The molecule has 1 amide bonds. The fraction of sp³-hybridized carbons (Fsp3) is 0.462. The van der Waals surface area contributed by atoms with E-state index in [0.717, 1.165) is 11.1 Å². The zero-order valence-corrected chi connectivity index (χ0v) is 10.2. The van der Waals surface area contributed by atoms with Gasteiger partial charge in [-0.05, 0) is 37.5 Å². The number of hydrogen-bond donors (Lipinski definition) is 3. The number of phenolic OH excluding ortho intramolecular Hbond substituents is 1. The third-order valence-electron chi connectivity index (χ3n) is 2.61. The van der Waals surface area contributed by atoms with E-state index in [1.807, 2.05) is 19.9 Å². The molecule has 0 radical (unpaired) electrons. The number of carbonyl (C=O) groups excluding carboxylic acids is 1. The first kappa shape index (κ1) is 13.5. The minimum Gasteiger partial charge on any atom is -0.508 e. The largest absolute Gasteiger partial charge is 0.508 e. The van der Waals surface area contributed by atoms with Crippen LogP contribution in [0.4, 0.5) is 0 Å². The van der Waals surface area contributed by atoms with Crippen LogP contribution in [0.15, 0.2) is 18.2 Å². The van der Waals surface area contributed by atoms with Crippen LogP contribution in [0.2, 0.25) is 0 Å². The van der Waals surface area contributed by atoms with E-state index >= 15 is 0 Å². The Kier molecular flexibility index (Phi) is 4.97. The van der Waals surface area contributed by atoms with Crippen molar-refractivity contribution >= 4 is 5.91 Å². The molecule has 94 valence electrons. The van der Waals surface area contributed by atoms with Gasteiger partial charge in [0, 0.05) is 12.6 Å². The third kappa shape index (κ3) is 4.44. The van der Waals surface area contributed by atoms with E-state index in [1.54, 1.807) is 12.1 Å². The Morgan fingerprint density at radius 2 is 2.18 bits per heavy atom. The maximum Gasteiger partial charge on any atom is 0.224 e. The van der Waals surface area contributed by atoms with Gasteiger partial charge in [-0.25, -0.2) is 0 Å². The molecule has 17 heavy (non-hydrogen) atoms. The van der Waals surface area contributed by atoms with E-state index in [9.17, 15) is 9.90 Å². The molecule has 1 unspecified atom stereocenters.